The topological polar surface area (TPSA) is 66.2 Å². The van der Waals surface area contributed by atoms with E-state index in [9.17, 15) is 0 Å². The average Bonchev–Trinajstić information content (AvgIpc) is 2.95. The highest BCUT2D eigenvalue weighted by molar-refractivity contribution is 14.1. The van der Waals surface area contributed by atoms with E-state index in [4.69, 9.17) is 4.42 Å². The second-order valence-electron chi connectivity index (χ2n) is 3.61. The molecular weight excluding hydrogens is 343 g/mol. The number of anilines is 1. The Kier molecular flexibility index (Phi) is 3.01. The van der Waals surface area contributed by atoms with Gasteiger partial charge in [-0.3, -0.25) is 0 Å². The first-order valence-electron chi connectivity index (χ1n) is 5.30. The number of para-hydroxylation sites is 2. The lowest BCUT2D eigenvalue weighted by atomic mass is 10.3. The summed E-state index contributed by atoms with van der Waals surface area (Å²) in [5.41, 5.74) is 4.71. The van der Waals surface area contributed by atoms with Gasteiger partial charge in [-0.2, -0.15) is 5.10 Å². The largest absolute Gasteiger partial charge is 0.449 e. The van der Waals surface area contributed by atoms with Gasteiger partial charge in [0.2, 0.25) is 5.95 Å². The summed E-state index contributed by atoms with van der Waals surface area (Å²) >= 11 is 2.11. The van der Waals surface area contributed by atoms with Gasteiger partial charge in [0, 0.05) is 0 Å². The van der Waals surface area contributed by atoms with Crippen LogP contribution in [-0.2, 0) is 0 Å². The Morgan fingerprint density at radius 1 is 1.28 bits per heavy atom. The zero-order valence-electron chi connectivity index (χ0n) is 9.22. The molecule has 0 saturated carbocycles. The van der Waals surface area contributed by atoms with Crippen LogP contribution in [0.15, 0.2) is 45.9 Å². The second-order valence-corrected chi connectivity index (χ2v) is 4.68. The molecular formula is C12H9IN4O. The van der Waals surface area contributed by atoms with Crippen molar-refractivity contribution in [2.24, 2.45) is 5.10 Å². The summed E-state index contributed by atoms with van der Waals surface area (Å²) in [7, 11) is 0. The monoisotopic (exact) mass is 352 g/mol. The van der Waals surface area contributed by atoms with Crippen molar-refractivity contribution in [2.45, 2.75) is 0 Å². The number of nitrogens with one attached hydrogen (secondary N) is 2. The minimum atomic E-state index is 0.605. The number of nitrogens with zero attached hydrogens (tertiary/aromatic N) is 2. The Bertz CT molecular complexity index is 668. The van der Waals surface area contributed by atoms with E-state index in [0.717, 1.165) is 14.8 Å². The van der Waals surface area contributed by atoms with E-state index in [1.807, 2.05) is 36.4 Å². The summed E-state index contributed by atoms with van der Waals surface area (Å²) < 4.78 is 6.18. The molecule has 0 aliphatic carbocycles. The zero-order chi connectivity index (χ0) is 12.4. The lowest BCUT2D eigenvalue weighted by Gasteiger charge is -1.91. The zero-order valence-corrected chi connectivity index (χ0v) is 11.4. The second kappa shape index (κ2) is 4.81. The van der Waals surface area contributed by atoms with E-state index in [1.165, 1.54) is 0 Å². The quantitative estimate of drug-likeness (QED) is 0.432. The molecule has 2 N–H and O–H groups in total. The van der Waals surface area contributed by atoms with Crippen molar-refractivity contribution in [3.8, 4) is 0 Å². The third-order valence-electron chi connectivity index (χ3n) is 2.35. The molecule has 0 radical (unpaired) electrons. The molecule has 18 heavy (non-hydrogen) atoms. The van der Waals surface area contributed by atoms with Crippen LogP contribution >= 0.6 is 22.6 Å². The Morgan fingerprint density at radius 3 is 2.94 bits per heavy atom. The van der Waals surface area contributed by atoms with Gasteiger partial charge in [-0.05, 0) is 46.9 Å². The highest BCUT2D eigenvalue weighted by atomic mass is 127. The molecule has 0 unspecified atom stereocenters. The van der Waals surface area contributed by atoms with Crippen LogP contribution in [-0.4, -0.2) is 16.2 Å². The molecule has 2 heterocycles. The van der Waals surface area contributed by atoms with E-state index < -0.39 is 0 Å². The summed E-state index contributed by atoms with van der Waals surface area (Å²) in [5.74, 6) is 1.30. The molecule has 5 nitrogen and oxygen atoms in total. The minimum Gasteiger partial charge on any atom is -0.449 e. The summed E-state index contributed by atoms with van der Waals surface area (Å²) in [6.07, 6.45) is 1.61. The molecule has 3 aromatic rings. The van der Waals surface area contributed by atoms with Gasteiger partial charge in [0.25, 0.3) is 0 Å². The summed E-state index contributed by atoms with van der Waals surface area (Å²) in [6, 6.07) is 11.5. The smallest absolute Gasteiger partial charge is 0.222 e. The Morgan fingerprint density at radius 2 is 2.17 bits per heavy atom. The van der Waals surface area contributed by atoms with Crippen molar-refractivity contribution < 1.29 is 4.42 Å². The van der Waals surface area contributed by atoms with Crippen LogP contribution in [0.2, 0.25) is 0 Å². The van der Waals surface area contributed by atoms with Crippen molar-refractivity contribution in [1.29, 1.82) is 0 Å². The molecule has 1 aromatic carbocycles. The molecule has 6 heteroatoms. The van der Waals surface area contributed by atoms with Crippen molar-refractivity contribution in [3.63, 3.8) is 0 Å². The summed E-state index contributed by atoms with van der Waals surface area (Å²) in [4.78, 5) is 7.46. The van der Waals surface area contributed by atoms with Crippen molar-refractivity contribution in [1.82, 2.24) is 9.97 Å². The highest BCUT2D eigenvalue weighted by Crippen LogP contribution is 2.13. The number of hydrogen-bond acceptors (Lipinski definition) is 4. The van der Waals surface area contributed by atoms with E-state index in [0.29, 0.717) is 11.7 Å². The van der Waals surface area contributed by atoms with Crippen LogP contribution in [0.1, 0.15) is 5.76 Å². The third-order valence-corrected chi connectivity index (χ3v) is 2.93. The van der Waals surface area contributed by atoms with Gasteiger partial charge < -0.3 is 9.40 Å². The van der Waals surface area contributed by atoms with Crippen LogP contribution in [0.5, 0.6) is 0 Å². The number of benzene rings is 1. The van der Waals surface area contributed by atoms with Gasteiger partial charge in [0.05, 0.1) is 17.2 Å². The number of halogens is 1. The molecule has 0 saturated heterocycles. The van der Waals surface area contributed by atoms with Crippen LogP contribution in [0.4, 0.5) is 5.95 Å². The van der Waals surface area contributed by atoms with E-state index in [2.05, 4.69) is 43.1 Å². The fourth-order valence-electron chi connectivity index (χ4n) is 1.56. The first-order chi connectivity index (χ1) is 8.81. The molecule has 0 amide bonds. The molecule has 0 atom stereocenters. The van der Waals surface area contributed by atoms with Crippen molar-refractivity contribution >= 4 is 45.8 Å². The highest BCUT2D eigenvalue weighted by Gasteiger charge is 1.99. The lowest BCUT2D eigenvalue weighted by molar-refractivity contribution is 0.531. The maximum absolute atomic E-state index is 5.35. The molecule has 0 aliphatic rings. The van der Waals surface area contributed by atoms with Crippen molar-refractivity contribution in [2.75, 3.05) is 5.43 Å². The SMILES string of the molecule is Ic1ccc(/C=N/Nc2nc3ccccc3[nH]2)o1. The van der Waals surface area contributed by atoms with Gasteiger partial charge in [0.15, 0.2) is 3.77 Å². The number of hydrazone groups is 1. The van der Waals surface area contributed by atoms with Crippen LogP contribution < -0.4 is 5.43 Å². The van der Waals surface area contributed by atoms with Crippen LogP contribution in [0, 0.1) is 3.77 Å². The first-order valence-corrected chi connectivity index (χ1v) is 6.38. The summed E-state index contributed by atoms with van der Waals surface area (Å²) in [6.45, 7) is 0. The van der Waals surface area contributed by atoms with Crippen LogP contribution in [0.3, 0.4) is 0 Å². The molecule has 2 aromatic heterocycles. The predicted octanol–water partition coefficient (Wildman–Crippen LogP) is 3.21. The number of fused-ring (bicyclic) bond motifs is 1. The Labute approximate surface area is 116 Å². The van der Waals surface area contributed by atoms with Gasteiger partial charge in [-0.1, -0.05) is 12.1 Å². The Hall–Kier alpha value is -1.83. The molecule has 3 rings (SSSR count). The fraction of sp³-hybridized carbons (Fsp3) is 0. The fourth-order valence-corrected chi connectivity index (χ4v) is 1.99. The normalized spacial score (nSPS) is 11.4. The average molecular weight is 352 g/mol. The molecule has 0 spiro atoms. The summed E-state index contributed by atoms with van der Waals surface area (Å²) in [5, 5.41) is 4.05. The number of hydrogen-bond donors (Lipinski definition) is 2. The number of aromatic nitrogens is 2. The number of aromatic amines is 1. The Balaban J connectivity index is 1.74. The predicted molar refractivity (Wildman–Crippen MR) is 78.7 cm³/mol. The third kappa shape index (κ3) is 2.37. The first kappa shape index (κ1) is 11.3. The molecule has 0 bridgehead atoms. The molecule has 0 aliphatic heterocycles. The van der Waals surface area contributed by atoms with Crippen LogP contribution in [0.25, 0.3) is 11.0 Å². The van der Waals surface area contributed by atoms with Gasteiger partial charge >= 0.3 is 0 Å². The number of H-pyrrole nitrogens is 1. The van der Waals surface area contributed by atoms with E-state index in [-0.39, 0.29) is 0 Å². The lowest BCUT2D eigenvalue weighted by Crippen LogP contribution is -1.91. The number of rotatable bonds is 3. The van der Waals surface area contributed by atoms with Gasteiger partial charge in [-0.15, -0.1) is 0 Å². The van der Waals surface area contributed by atoms with Crippen molar-refractivity contribution in [3.05, 3.63) is 45.9 Å². The van der Waals surface area contributed by atoms with Gasteiger partial charge in [-0.25, -0.2) is 10.4 Å². The maximum atomic E-state index is 5.35. The molecule has 90 valence electrons. The maximum Gasteiger partial charge on any atom is 0.222 e. The van der Waals surface area contributed by atoms with Gasteiger partial charge in [0.1, 0.15) is 5.76 Å². The number of furan rings is 1. The van der Waals surface area contributed by atoms with E-state index >= 15 is 0 Å². The van der Waals surface area contributed by atoms with E-state index in [1.54, 1.807) is 6.21 Å². The number of imidazole rings is 1. The molecule has 0 fully saturated rings. The minimum absolute atomic E-state index is 0.605. The standard InChI is InChI=1S/C12H9IN4O/c13-11-6-5-8(18-11)7-14-17-12-15-9-3-1-2-4-10(9)16-12/h1-7H,(H2,15,16,17)/b14-7+.